The van der Waals surface area contributed by atoms with Crippen molar-refractivity contribution in [2.24, 2.45) is 12.0 Å². The second-order valence-corrected chi connectivity index (χ2v) is 4.52. The number of aliphatic imine (C=N–C) groups is 1. The van der Waals surface area contributed by atoms with E-state index >= 15 is 0 Å². The van der Waals surface area contributed by atoms with Crippen molar-refractivity contribution < 1.29 is 0 Å². The van der Waals surface area contributed by atoms with Gasteiger partial charge in [0.2, 0.25) is 0 Å². The smallest absolute Gasteiger partial charge is 0.0710 e. The first-order valence-electron chi connectivity index (χ1n) is 6.18. The second-order valence-electron chi connectivity index (χ2n) is 4.52. The number of aryl methyl sites for hydroxylation is 1. The van der Waals surface area contributed by atoms with Crippen LogP contribution in [0, 0.1) is 0 Å². The maximum atomic E-state index is 5.98. The van der Waals surface area contributed by atoms with E-state index in [1.807, 2.05) is 72.6 Å². The molecule has 3 rings (SSSR count). The Kier molecular flexibility index (Phi) is 2.80. The van der Waals surface area contributed by atoms with Crippen molar-refractivity contribution >= 4 is 28.4 Å². The average Bonchev–Trinajstić information content (AvgIpc) is 2.84. The Labute approximate surface area is 112 Å². The fraction of sp³-hybridized carbons (Fsp3) is 0.0625. The Bertz CT molecular complexity index is 754. The molecule has 0 amide bonds. The van der Waals surface area contributed by atoms with Crippen LogP contribution in [0.3, 0.4) is 0 Å². The normalized spacial score (nSPS) is 11.4. The van der Waals surface area contributed by atoms with E-state index in [1.165, 1.54) is 0 Å². The summed E-state index contributed by atoms with van der Waals surface area (Å²) in [5.41, 5.74) is 8.78. The molecule has 0 saturated carbocycles. The zero-order valence-electron chi connectivity index (χ0n) is 10.7. The highest BCUT2D eigenvalue weighted by Crippen LogP contribution is 2.29. The molecule has 0 saturated heterocycles. The zero-order chi connectivity index (χ0) is 13.2. The number of nitrogens with two attached hydrogens (primary N) is 1. The molecule has 0 aliphatic heterocycles. The lowest BCUT2D eigenvalue weighted by molar-refractivity contribution is 0.918. The van der Waals surface area contributed by atoms with Crippen molar-refractivity contribution in [1.29, 1.82) is 0 Å². The molecule has 0 fully saturated rings. The minimum Gasteiger partial charge on any atom is -0.398 e. The Morgan fingerprint density at radius 3 is 2.53 bits per heavy atom. The maximum Gasteiger partial charge on any atom is 0.0710 e. The number of hydrogen-bond acceptors (Lipinski definition) is 2. The second kappa shape index (κ2) is 4.61. The van der Waals surface area contributed by atoms with E-state index in [0.29, 0.717) is 0 Å². The predicted molar refractivity (Wildman–Crippen MR) is 81.0 cm³/mol. The summed E-state index contributed by atoms with van der Waals surface area (Å²) in [4.78, 5) is 4.58. The third-order valence-electron chi connectivity index (χ3n) is 3.25. The summed E-state index contributed by atoms with van der Waals surface area (Å²) in [5.74, 6) is 0. The van der Waals surface area contributed by atoms with Crippen LogP contribution in [0.15, 0.2) is 59.7 Å². The third kappa shape index (κ3) is 2.10. The van der Waals surface area contributed by atoms with E-state index in [1.54, 1.807) is 0 Å². The Morgan fingerprint density at radius 1 is 1.00 bits per heavy atom. The highest BCUT2D eigenvalue weighted by Gasteiger charge is 2.02. The van der Waals surface area contributed by atoms with Crippen LogP contribution in [-0.2, 0) is 7.05 Å². The van der Waals surface area contributed by atoms with Gasteiger partial charge in [-0.15, -0.1) is 0 Å². The van der Waals surface area contributed by atoms with E-state index in [4.69, 9.17) is 5.73 Å². The number of rotatable bonds is 2. The molecule has 19 heavy (non-hydrogen) atoms. The minimum atomic E-state index is 0.786. The van der Waals surface area contributed by atoms with E-state index < -0.39 is 0 Å². The molecular weight excluding hydrogens is 234 g/mol. The van der Waals surface area contributed by atoms with Gasteiger partial charge in [-0.2, -0.15) is 0 Å². The number of hydrogen-bond donors (Lipinski definition) is 1. The van der Waals surface area contributed by atoms with Gasteiger partial charge in [0.25, 0.3) is 0 Å². The molecule has 0 unspecified atom stereocenters. The first-order chi connectivity index (χ1) is 9.25. The van der Waals surface area contributed by atoms with Crippen LogP contribution in [0.25, 0.3) is 10.8 Å². The summed E-state index contributed by atoms with van der Waals surface area (Å²) in [6, 6.07) is 15.9. The first kappa shape index (κ1) is 11.5. The van der Waals surface area contributed by atoms with E-state index in [2.05, 4.69) is 4.99 Å². The highest BCUT2D eigenvalue weighted by atomic mass is 14.9. The van der Waals surface area contributed by atoms with Gasteiger partial charge >= 0.3 is 0 Å². The quantitative estimate of drug-likeness (QED) is 0.548. The molecule has 0 aliphatic rings. The number of anilines is 1. The molecule has 0 spiro atoms. The van der Waals surface area contributed by atoms with Crippen LogP contribution in [0.5, 0.6) is 0 Å². The van der Waals surface area contributed by atoms with E-state index in [-0.39, 0.29) is 0 Å². The van der Waals surface area contributed by atoms with Crippen molar-refractivity contribution in [1.82, 2.24) is 4.57 Å². The minimum absolute atomic E-state index is 0.786. The van der Waals surface area contributed by atoms with Crippen LogP contribution in [0.2, 0.25) is 0 Å². The molecule has 3 aromatic rings. The van der Waals surface area contributed by atoms with Gasteiger partial charge in [-0.1, -0.05) is 24.3 Å². The molecule has 0 radical (unpaired) electrons. The molecule has 94 valence electrons. The Balaban J connectivity index is 2.09. The van der Waals surface area contributed by atoms with Gasteiger partial charge in [-0.25, -0.2) is 0 Å². The monoisotopic (exact) mass is 249 g/mol. The molecule has 1 aromatic heterocycles. The topological polar surface area (TPSA) is 43.3 Å². The number of fused-ring (bicyclic) bond motifs is 1. The molecule has 0 aliphatic carbocycles. The zero-order valence-corrected chi connectivity index (χ0v) is 10.7. The van der Waals surface area contributed by atoms with Gasteiger partial charge in [-0.3, -0.25) is 4.99 Å². The fourth-order valence-corrected chi connectivity index (χ4v) is 2.16. The van der Waals surface area contributed by atoms with Crippen molar-refractivity contribution in [3.05, 3.63) is 60.4 Å². The molecule has 2 N–H and O–H groups in total. The number of nitrogen functional groups attached to an aromatic ring is 1. The lowest BCUT2D eigenvalue weighted by Gasteiger charge is -2.05. The molecule has 3 nitrogen and oxygen atoms in total. The number of aromatic nitrogens is 1. The van der Waals surface area contributed by atoms with Crippen molar-refractivity contribution in [3.63, 3.8) is 0 Å². The van der Waals surface area contributed by atoms with Crippen molar-refractivity contribution in [2.45, 2.75) is 0 Å². The Morgan fingerprint density at radius 2 is 1.79 bits per heavy atom. The average molecular weight is 249 g/mol. The standard InChI is InChI=1S/C16H15N3/c1-19-10-4-5-12(19)11-18-16-9-8-15(17)13-6-2-3-7-14(13)16/h2-11H,17H2,1H3. The third-order valence-corrected chi connectivity index (χ3v) is 3.25. The summed E-state index contributed by atoms with van der Waals surface area (Å²) in [6.07, 6.45) is 3.88. The molecule has 3 heteroatoms. The van der Waals surface area contributed by atoms with Gasteiger partial charge in [0.1, 0.15) is 0 Å². The first-order valence-corrected chi connectivity index (χ1v) is 6.18. The van der Waals surface area contributed by atoms with Crippen LogP contribution in [-0.4, -0.2) is 10.8 Å². The van der Waals surface area contributed by atoms with Gasteiger partial charge in [0, 0.05) is 29.7 Å². The summed E-state index contributed by atoms with van der Waals surface area (Å²) in [7, 11) is 2.00. The molecule has 2 aromatic carbocycles. The molecule has 0 atom stereocenters. The summed E-state index contributed by atoms with van der Waals surface area (Å²) in [5, 5.41) is 2.12. The number of nitrogens with zero attached hydrogens (tertiary/aromatic N) is 2. The maximum absolute atomic E-state index is 5.98. The summed E-state index contributed by atoms with van der Waals surface area (Å²) in [6.45, 7) is 0. The fourth-order valence-electron chi connectivity index (χ4n) is 2.16. The van der Waals surface area contributed by atoms with Gasteiger partial charge < -0.3 is 10.3 Å². The molecule has 0 bridgehead atoms. The van der Waals surface area contributed by atoms with Gasteiger partial charge in [0.05, 0.1) is 17.6 Å². The molecule has 1 heterocycles. The summed E-state index contributed by atoms with van der Waals surface area (Å²) >= 11 is 0. The predicted octanol–water partition coefficient (Wildman–Crippen LogP) is 3.51. The van der Waals surface area contributed by atoms with Crippen LogP contribution >= 0.6 is 0 Å². The van der Waals surface area contributed by atoms with Crippen molar-refractivity contribution in [3.8, 4) is 0 Å². The van der Waals surface area contributed by atoms with Crippen LogP contribution < -0.4 is 5.73 Å². The molecular formula is C16H15N3. The van der Waals surface area contributed by atoms with Crippen LogP contribution in [0.4, 0.5) is 11.4 Å². The van der Waals surface area contributed by atoms with Crippen LogP contribution in [0.1, 0.15) is 5.69 Å². The lowest BCUT2D eigenvalue weighted by atomic mass is 10.1. The lowest BCUT2D eigenvalue weighted by Crippen LogP contribution is -1.92. The highest BCUT2D eigenvalue weighted by molar-refractivity contribution is 6.01. The van der Waals surface area contributed by atoms with E-state index in [9.17, 15) is 0 Å². The van der Waals surface area contributed by atoms with Gasteiger partial charge in [-0.05, 0) is 24.3 Å². The van der Waals surface area contributed by atoms with Crippen molar-refractivity contribution in [2.75, 3.05) is 5.73 Å². The van der Waals surface area contributed by atoms with Gasteiger partial charge in [0.15, 0.2) is 0 Å². The Hall–Kier alpha value is -2.55. The largest absolute Gasteiger partial charge is 0.398 e. The van der Waals surface area contributed by atoms with E-state index in [0.717, 1.165) is 27.8 Å². The number of benzene rings is 2. The SMILES string of the molecule is Cn1cccc1C=Nc1ccc(N)c2ccccc12. The summed E-state index contributed by atoms with van der Waals surface area (Å²) < 4.78 is 2.03.